The molecular weight excluding hydrogens is 524 g/mol. The predicted octanol–water partition coefficient (Wildman–Crippen LogP) is 5.65. The SMILES string of the molecule is CO/C=C(/C)c1cc(C(C)(C)C)c(O)c2c1C[C@]1(C)C[C@]3(C)C(C(C)C)C(O)=C(C(C)=O)C(=O)[C@]3(O)C(O)=C1C2=O. The minimum atomic E-state index is -2.64. The van der Waals surface area contributed by atoms with Crippen LogP contribution in [0, 0.1) is 22.7 Å². The fourth-order valence-corrected chi connectivity index (χ4v) is 7.96. The van der Waals surface area contributed by atoms with Crippen LogP contribution in [0.15, 0.2) is 35.0 Å². The Morgan fingerprint density at radius 3 is 2.20 bits per heavy atom. The molecule has 4 atom stereocenters. The average molecular weight is 567 g/mol. The van der Waals surface area contributed by atoms with E-state index in [2.05, 4.69) is 0 Å². The molecule has 41 heavy (non-hydrogen) atoms. The van der Waals surface area contributed by atoms with E-state index in [0.717, 1.165) is 12.5 Å². The van der Waals surface area contributed by atoms with Gasteiger partial charge in [-0.1, -0.05) is 48.5 Å². The van der Waals surface area contributed by atoms with Crippen LogP contribution >= 0.6 is 0 Å². The number of rotatable bonds is 4. The molecule has 8 nitrogen and oxygen atoms in total. The minimum absolute atomic E-state index is 0.0105. The Balaban J connectivity index is 2.13. The number of ketones is 3. The second-order valence-electron chi connectivity index (χ2n) is 13.9. The van der Waals surface area contributed by atoms with Gasteiger partial charge in [0.2, 0.25) is 5.78 Å². The number of phenolic OH excluding ortho intramolecular Hbond substituents is 1. The molecule has 0 saturated heterocycles. The van der Waals surface area contributed by atoms with Crippen molar-refractivity contribution in [1.29, 1.82) is 0 Å². The maximum Gasteiger partial charge on any atom is 0.209 e. The molecule has 1 unspecified atom stereocenters. The first-order valence-electron chi connectivity index (χ1n) is 14.0. The number of carbonyl (C=O) groups is 3. The highest BCUT2D eigenvalue weighted by molar-refractivity contribution is 6.25. The van der Waals surface area contributed by atoms with E-state index in [1.807, 2.05) is 47.6 Å². The zero-order valence-corrected chi connectivity index (χ0v) is 25.6. The largest absolute Gasteiger partial charge is 0.511 e. The predicted molar refractivity (Wildman–Crippen MR) is 155 cm³/mol. The third-order valence-corrected chi connectivity index (χ3v) is 9.53. The Bertz CT molecular complexity index is 1480. The standard InChI is InChI=1S/C33H42O8/c1-15(2)23-26(36)21(17(4)34)28(38)33(40)29(39)24-27(37)22-19(12-31(24,8)14-32(23,33)9)18(16(3)13-41-10)11-20(25(22)35)30(5,6)7/h11,13,15,23,35-36,39-40H,12,14H2,1-10H3/b16-13-/t23?,31-,32-,33+/m1/s1. The number of hydrogen-bond donors (Lipinski definition) is 4. The van der Waals surface area contributed by atoms with Crippen LogP contribution in [0.4, 0.5) is 0 Å². The first-order chi connectivity index (χ1) is 18.7. The van der Waals surface area contributed by atoms with Gasteiger partial charge >= 0.3 is 0 Å². The lowest BCUT2D eigenvalue weighted by Crippen LogP contribution is -2.67. The van der Waals surface area contributed by atoms with Crippen molar-refractivity contribution in [3.05, 3.63) is 57.2 Å². The van der Waals surface area contributed by atoms with E-state index in [-0.39, 0.29) is 35.6 Å². The van der Waals surface area contributed by atoms with Gasteiger partial charge in [-0.2, -0.15) is 0 Å². The zero-order chi connectivity index (χ0) is 31.2. The van der Waals surface area contributed by atoms with Gasteiger partial charge in [-0.3, -0.25) is 14.4 Å². The Labute approximate surface area is 241 Å². The molecule has 8 heteroatoms. The summed E-state index contributed by atoms with van der Waals surface area (Å²) in [7, 11) is 1.52. The van der Waals surface area contributed by atoms with Gasteiger partial charge in [0.05, 0.1) is 18.9 Å². The fourth-order valence-electron chi connectivity index (χ4n) is 7.96. The highest BCUT2D eigenvalue weighted by atomic mass is 16.5. The molecule has 0 radical (unpaired) electrons. The number of methoxy groups -OCH3 is 1. The Hall–Kier alpha value is -3.39. The molecule has 0 amide bonds. The quantitative estimate of drug-likeness (QED) is 0.271. The number of aliphatic hydroxyl groups excluding tert-OH is 2. The molecule has 4 rings (SSSR count). The van der Waals surface area contributed by atoms with Crippen LogP contribution in [0.5, 0.6) is 5.75 Å². The van der Waals surface area contributed by atoms with E-state index in [4.69, 9.17) is 4.74 Å². The van der Waals surface area contributed by atoms with Gasteiger partial charge in [-0.15, -0.1) is 0 Å². The Morgan fingerprint density at radius 2 is 1.71 bits per heavy atom. The van der Waals surface area contributed by atoms with Crippen LogP contribution in [0.2, 0.25) is 0 Å². The van der Waals surface area contributed by atoms with E-state index in [1.54, 1.807) is 20.1 Å². The van der Waals surface area contributed by atoms with Gasteiger partial charge < -0.3 is 25.2 Å². The Morgan fingerprint density at radius 1 is 1.12 bits per heavy atom. The zero-order valence-electron chi connectivity index (χ0n) is 25.6. The second kappa shape index (κ2) is 9.31. The van der Waals surface area contributed by atoms with E-state index >= 15 is 0 Å². The number of fused-ring (bicyclic) bond motifs is 3. The molecule has 3 aliphatic rings. The highest BCUT2D eigenvalue weighted by Crippen LogP contribution is 2.65. The number of carbonyl (C=O) groups excluding carboxylic acids is 3. The summed E-state index contributed by atoms with van der Waals surface area (Å²) in [5.41, 5.74) is -3.91. The highest BCUT2D eigenvalue weighted by Gasteiger charge is 2.71. The van der Waals surface area contributed by atoms with E-state index in [0.29, 0.717) is 16.7 Å². The van der Waals surface area contributed by atoms with Crippen LogP contribution in [-0.2, 0) is 26.2 Å². The summed E-state index contributed by atoms with van der Waals surface area (Å²) in [6, 6.07) is 1.86. The summed E-state index contributed by atoms with van der Waals surface area (Å²) in [5, 5.41) is 46.9. The topological polar surface area (TPSA) is 141 Å². The average Bonchev–Trinajstić information content (AvgIpc) is 2.80. The fraction of sp³-hybridized carbons (Fsp3) is 0.545. The Kier molecular flexibility index (Phi) is 6.94. The van der Waals surface area contributed by atoms with Crippen LogP contribution in [-0.4, -0.2) is 50.5 Å². The molecule has 0 heterocycles. The van der Waals surface area contributed by atoms with Crippen molar-refractivity contribution in [2.75, 3.05) is 7.11 Å². The van der Waals surface area contributed by atoms with Gasteiger partial charge in [-0.25, -0.2) is 0 Å². The van der Waals surface area contributed by atoms with Crippen molar-refractivity contribution < 1.29 is 39.5 Å². The lowest BCUT2D eigenvalue weighted by atomic mass is 9.44. The molecule has 4 N–H and O–H groups in total. The van der Waals surface area contributed by atoms with Crippen molar-refractivity contribution in [2.45, 2.75) is 86.2 Å². The number of benzene rings is 1. The first-order valence-corrected chi connectivity index (χ1v) is 14.0. The number of phenols is 1. The molecule has 1 aromatic rings. The van der Waals surface area contributed by atoms with Crippen LogP contribution in [0.1, 0.15) is 95.8 Å². The van der Waals surface area contributed by atoms with Gasteiger partial charge in [0.15, 0.2) is 17.2 Å². The number of allylic oxidation sites excluding steroid dienone is 3. The first kappa shape index (κ1) is 30.6. The van der Waals surface area contributed by atoms with Crippen LogP contribution < -0.4 is 0 Å². The summed E-state index contributed by atoms with van der Waals surface area (Å²) >= 11 is 0. The molecular formula is C33H42O8. The van der Waals surface area contributed by atoms with E-state index < -0.39 is 62.2 Å². The number of aliphatic hydroxyl groups is 3. The molecule has 0 aromatic heterocycles. The van der Waals surface area contributed by atoms with Gasteiger partial charge in [0, 0.05) is 27.9 Å². The normalized spacial score (nSPS) is 30.3. The van der Waals surface area contributed by atoms with Gasteiger partial charge in [0.25, 0.3) is 0 Å². The molecule has 222 valence electrons. The monoisotopic (exact) mass is 566 g/mol. The summed E-state index contributed by atoms with van der Waals surface area (Å²) < 4.78 is 5.28. The van der Waals surface area contributed by atoms with Crippen molar-refractivity contribution in [1.82, 2.24) is 0 Å². The maximum atomic E-state index is 14.4. The molecule has 0 spiro atoms. The van der Waals surface area contributed by atoms with Crippen LogP contribution in [0.25, 0.3) is 5.57 Å². The third-order valence-electron chi connectivity index (χ3n) is 9.53. The van der Waals surface area contributed by atoms with E-state index in [9.17, 15) is 34.8 Å². The maximum absolute atomic E-state index is 14.4. The number of Topliss-reactive ketones (excluding diaryl/α,β-unsaturated/α-hetero) is 3. The third kappa shape index (κ3) is 3.93. The molecule has 0 saturated carbocycles. The summed E-state index contributed by atoms with van der Waals surface area (Å²) in [5.74, 6) is -5.19. The van der Waals surface area contributed by atoms with Gasteiger partial charge in [-0.05, 0) is 60.8 Å². The number of ether oxygens (including phenoxy) is 1. The van der Waals surface area contributed by atoms with Crippen molar-refractivity contribution in [2.24, 2.45) is 22.7 Å². The lowest BCUT2D eigenvalue weighted by molar-refractivity contribution is -0.171. The minimum Gasteiger partial charge on any atom is -0.511 e. The molecule has 0 fully saturated rings. The van der Waals surface area contributed by atoms with Crippen molar-refractivity contribution in [3.8, 4) is 5.75 Å². The van der Waals surface area contributed by atoms with Crippen molar-refractivity contribution >= 4 is 22.9 Å². The number of aromatic hydroxyl groups is 1. The smallest absolute Gasteiger partial charge is 0.209 e. The number of hydrogen-bond acceptors (Lipinski definition) is 8. The second-order valence-corrected chi connectivity index (χ2v) is 13.9. The summed E-state index contributed by atoms with van der Waals surface area (Å²) in [6.45, 7) is 15.7. The molecule has 0 aliphatic heterocycles. The lowest BCUT2D eigenvalue weighted by Gasteiger charge is -2.59. The summed E-state index contributed by atoms with van der Waals surface area (Å²) in [4.78, 5) is 40.9. The molecule has 3 aliphatic carbocycles. The van der Waals surface area contributed by atoms with E-state index in [1.165, 1.54) is 7.11 Å². The van der Waals surface area contributed by atoms with Crippen LogP contribution in [0.3, 0.4) is 0 Å². The van der Waals surface area contributed by atoms with Gasteiger partial charge in [0.1, 0.15) is 22.8 Å². The molecule has 1 aromatic carbocycles. The molecule has 0 bridgehead atoms. The summed E-state index contributed by atoms with van der Waals surface area (Å²) in [6.07, 6.45) is 1.81. The van der Waals surface area contributed by atoms with Crippen molar-refractivity contribution in [3.63, 3.8) is 0 Å².